The van der Waals surface area contributed by atoms with Gasteiger partial charge in [0.25, 0.3) is 15.7 Å². The Hall–Kier alpha value is -2.50. The van der Waals surface area contributed by atoms with E-state index in [9.17, 15) is 23.3 Å². The number of sulfonamides is 1. The van der Waals surface area contributed by atoms with E-state index in [0.29, 0.717) is 17.9 Å². The Balaban J connectivity index is 2.46. The number of nitro groups is 1. The van der Waals surface area contributed by atoms with E-state index in [1.807, 2.05) is 0 Å². The summed E-state index contributed by atoms with van der Waals surface area (Å²) in [7, 11) is -3.04. The Morgan fingerprint density at radius 2 is 1.91 bits per heavy atom. The minimum absolute atomic E-state index is 0.0222. The smallest absolute Gasteiger partial charge is 0.273 e. The maximum Gasteiger partial charge on any atom is 0.273 e. The summed E-state index contributed by atoms with van der Waals surface area (Å²) < 4.78 is 33.4. The highest BCUT2D eigenvalue weighted by Crippen LogP contribution is 2.35. The van der Waals surface area contributed by atoms with Crippen molar-refractivity contribution in [3.63, 3.8) is 0 Å². The molecule has 0 heterocycles. The van der Waals surface area contributed by atoms with E-state index in [0.717, 1.165) is 10.4 Å². The minimum atomic E-state index is -4.40. The molecule has 0 bridgehead atoms. The molecule has 1 amide bonds. The van der Waals surface area contributed by atoms with Crippen molar-refractivity contribution in [3.05, 3.63) is 57.1 Å². The van der Waals surface area contributed by atoms with Crippen molar-refractivity contribution in [3.8, 4) is 5.75 Å². The third kappa shape index (κ3) is 7.25. The number of amides is 1. The number of halogens is 1. The second kappa shape index (κ2) is 11.3. The molecule has 0 aliphatic rings. The van der Waals surface area contributed by atoms with Crippen molar-refractivity contribution < 1.29 is 22.9 Å². The van der Waals surface area contributed by atoms with Crippen LogP contribution < -0.4 is 14.4 Å². The van der Waals surface area contributed by atoms with Gasteiger partial charge in [0, 0.05) is 33.7 Å². The normalized spacial score (nSPS) is 11.7. The van der Waals surface area contributed by atoms with Crippen LogP contribution in [-0.2, 0) is 14.8 Å². The van der Waals surface area contributed by atoms with Crippen molar-refractivity contribution >= 4 is 50.7 Å². The van der Waals surface area contributed by atoms with E-state index in [1.54, 1.807) is 11.8 Å². The highest BCUT2D eigenvalue weighted by atomic mass is 35.5. The Labute approximate surface area is 209 Å². The number of nitrogens with one attached hydrogen (secondary N) is 1. The lowest BCUT2D eigenvalue weighted by molar-refractivity contribution is -0.385. The molecule has 0 saturated heterocycles. The number of benzene rings is 2. The number of ether oxygens (including phenoxy) is 1. The molecule has 0 radical (unpaired) electrons. The summed E-state index contributed by atoms with van der Waals surface area (Å²) in [5.74, 6) is 0.277. The molecule has 2 aromatic rings. The van der Waals surface area contributed by atoms with Crippen LogP contribution in [0.2, 0.25) is 5.02 Å². The van der Waals surface area contributed by atoms with Crippen LogP contribution in [0.1, 0.15) is 26.3 Å². The number of methoxy groups -OCH3 is 1. The number of anilines is 1. The maximum atomic E-state index is 13.6. The average Bonchev–Trinajstić information content (AvgIpc) is 2.74. The molecule has 2 rings (SSSR count). The summed E-state index contributed by atoms with van der Waals surface area (Å²) in [4.78, 5) is 23.1. The molecule has 0 aromatic heterocycles. The van der Waals surface area contributed by atoms with Crippen LogP contribution >= 0.6 is 23.4 Å². The monoisotopic (exact) mass is 529 g/mol. The van der Waals surface area contributed by atoms with E-state index in [-0.39, 0.29) is 31.8 Å². The van der Waals surface area contributed by atoms with Gasteiger partial charge in [0.2, 0.25) is 5.91 Å². The molecule has 12 heteroatoms. The van der Waals surface area contributed by atoms with Crippen LogP contribution in [0.25, 0.3) is 0 Å². The second-order valence-electron chi connectivity index (χ2n) is 8.34. The molecule has 0 saturated carbocycles. The molecule has 0 atom stereocenters. The molecule has 9 nitrogen and oxygen atoms in total. The fourth-order valence-electron chi connectivity index (χ4n) is 2.97. The number of thioether (sulfide) groups is 1. The minimum Gasteiger partial charge on any atom is -0.495 e. The topological polar surface area (TPSA) is 119 Å². The Kier molecular flexibility index (Phi) is 9.21. The van der Waals surface area contributed by atoms with Crippen LogP contribution in [-0.4, -0.2) is 49.9 Å². The van der Waals surface area contributed by atoms with E-state index in [1.165, 1.54) is 44.4 Å². The maximum absolute atomic E-state index is 13.6. The summed E-state index contributed by atoms with van der Waals surface area (Å²) in [6.07, 6.45) is 0. The average molecular weight is 530 g/mol. The third-order valence-corrected chi connectivity index (χ3v) is 7.89. The molecule has 0 fully saturated rings. The zero-order valence-electron chi connectivity index (χ0n) is 19.6. The molecular weight excluding hydrogens is 502 g/mol. The Morgan fingerprint density at radius 3 is 2.50 bits per heavy atom. The Morgan fingerprint density at radius 1 is 1.24 bits per heavy atom. The van der Waals surface area contributed by atoms with Gasteiger partial charge in [-0.1, -0.05) is 38.4 Å². The number of nitrogens with zero attached hydrogens (tertiary/aromatic N) is 2. The Bertz CT molecular complexity index is 1170. The number of nitro benzene ring substituents is 1. The molecular formula is C22H28ClN3O6S2. The third-order valence-electron chi connectivity index (χ3n) is 4.62. The second-order valence-corrected chi connectivity index (χ2v) is 12.6. The molecule has 0 aliphatic heterocycles. The van der Waals surface area contributed by atoms with Gasteiger partial charge in [-0.3, -0.25) is 19.2 Å². The molecule has 0 unspecified atom stereocenters. The lowest BCUT2D eigenvalue weighted by Crippen LogP contribution is -2.41. The molecule has 0 aliphatic carbocycles. The number of carbonyl (C=O) groups excluding carboxylic acids is 1. The van der Waals surface area contributed by atoms with E-state index >= 15 is 0 Å². The quantitative estimate of drug-likeness (QED) is 0.275. The molecule has 0 spiro atoms. The molecule has 2 aromatic carbocycles. The predicted molar refractivity (Wildman–Crippen MR) is 136 cm³/mol. The SMILES string of the molecule is COc1ccc(Cl)cc1N(CC(=O)NCCSC(C)(C)C)S(=O)(=O)c1ccc(C)c([N+](=O)[O-])c1. The molecule has 34 heavy (non-hydrogen) atoms. The number of hydrogen-bond acceptors (Lipinski definition) is 7. The summed E-state index contributed by atoms with van der Waals surface area (Å²) >= 11 is 7.77. The summed E-state index contributed by atoms with van der Waals surface area (Å²) in [6, 6.07) is 7.96. The van der Waals surface area contributed by atoms with Crippen molar-refractivity contribution in [1.29, 1.82) is 0 Å². The van der Waals surface area contributed by atoms with E-state index in [4.69, 9.17) is 16.3 Å². The van der Waals surface area contributed by atoms with E-state index in [2.05, 4.69) is 26.1 Å². The van der Waals surface area contributed by atoms with Gasteiger partial charge in [0.1, 0.15) is 12.3 Å². The van der Waals surface area contributed by atoms with Crippen LogP contribution in [0.3, 0.4) is 0 Å². The lowest BCUT2D eigenvalue weighted by Gasteiger charge is -2.26. The van der Waals surface area contributed by atoms with Crippen molar-refractivity contribution in [2.75, 3.05) is 30.3 Å². The first-order valence-corrected chi connectivity index (χ1v) is 13.1. The number of hydrogen-bond donors (Lipinski definition) is 1. The zero-order chi connectivity index (χ0) is 25.7. The number of rotatable bonds is 10. The fourth-order valence-corrected chi connectivity index (χ4v) is 5.39. The van der Waals surface area contributed by atoms with Crippen LogP contribution in [0.15, 0.2) is 41.3 Å². The fraction of sp³-hybridized carbons (Fsp3) is 0.409. The lowest BCUT2D eigenvalue weighted by atomic mass is 10.2. The van der Waals surface area contributed by atoms with Crippen molar-refractivity contribution in [2.24, 2.45) is 0 Å². The van der Waals surface area contributed by atoms with Crippen LogP contribution in [0.4, 0.5) is 11.4 Å². The van der Waals surface area contributed by atoms with Crippen molar-refractivity contribution in [1.82, 2.24) is 5.32 Å². The predicted octanol–water partition coefficient (Wildman–Crippen LogP) is 4.41. The van der Waals surface area contributed by atoms with Gasteiger partial charge in [-0.05, 0) is 31.2 Å². The highest BCUT2D eigenvalue weighted by Gasteiger charge is 2.31. The van der Waals surface area contributed by atoms with Gasteiger partial charge in [0.15, 0.2) is 0 Å². The molecule has 1 N–H and O–H groups in total. The van der Waals surface area contributed by atoms with Crippen LogP contribution in [0, 0.1) is 17.0 Å². The highest BCUT2D eigenvalue weighted by molar-refractivity contribution is 8.00. The van der Waals surface area contributed by atoms with Gasteiger partial charge in [-0.25, -0.2) is 8.42 Å². The van der Waals surface area contributed by atoms with Crippen molar-refractivity contribution in [2.45, 2.75) is 37.3 Å². The van der Waals surface area contributed by atoms with Crippen LogP contribution in [0.5, 0.6) is 5.75 Å². The standard InChI is InChI=1S/C22H28ClN3O6S2/c1-15-6-8-17(13-18(15)26(28)29)34(30,31)25(19-12-16(23)7-9-20(19)32-5)14-21(27)24-10-11-33-22(2,3)4/h6-9,12-13H,10-11,14H2,1-5H3,(H,24,27). The largest absolute Gasteiger partial charge is 0.495 e. The summed E-state index contributed by atoms with van der Waals surface area (Å²) in [6.45, 7) is 7.45. The first-order valence-electron chi connectivity index (χ1n) is 10.3. The zero-order valence-corrected chi connectivity index (χ0v) is 22.0. The van der Waals surface area contributed by atoms with Gasteiger partial charge in [-0.2, -0.15) is 11.8 Å². The van der Waals surface area contributed by atoms with Gasteiger partial charge >= 0.3 is 0 Å². The van der Waals surface area contributed by atoms with Gasteiger partial charge in [-0.15, -0.1) is 0 Å². The van der Waals surface area contributed by atoms with E-state index < -0.39 is 27.4 Å². The first-order chi connectivity index (χ1) is 15.8. The first kappa shape index (κ1) is 27.7. The van der Waals surface area contributed by atoms with Gasteiger partial charge < -0.3 is 10.1 Å². The van der Waals surface area contributed by atoms with Gasteiger partial charge in [0.05, 0.1) is 22.6 Å². The summed E-state index contributed by atoms with van der Waals surface area (Å²) in [5, 5.41) is 14.3. The summed E-state index contributed by atoms with van der Waals surface area (Å²) in [5.41, 5.74) is 0.00473. The molecule has 186 valence electrons. The number of aryl methyl sites for hydroxylation is 1. The number of carbonyl (C=O) groups is 1.